The summed E-state index contributed by atoms with van der Waals surface area (Å²) < 4.78 is 1.21. The molecule has 1 fully saturated rings. The van der Waals surface area contributed by atoms with Crippen LogP contribution in [-0.4, -0.2) is 6.04 Å². The maximum atomic E-state index is 6.06. The molecule has 1 aliphatic rings. The normalized spacial score (nSPS) is 18.1. The fourth-order valence-corrected chi connectivity index (χ4v) is 2.27. The van der Waals surface area contributed by atoms with E-state index in [0.717, 1.165) is 18.8 Å². The molecule has 1 aromatic carbocycles. The largest absolute Gasteiger partial charge is 0.327 e. The first-order chi connectivity index (χ1) is 6.77. The Morgan fingerprint density at radius 3 is 2.71 bits per heavy atom. The minimum Gasteiger partial charge on any atom is -0.327 e. The van der Waals surface area contributed by atoms with Gasteiger partial charge in [-0.25, -0.2) is 0 Å². The molecule has 1 aromatic rings. The third-order valence-electron chi connectivity index (χ3n) is 2.93. The van der Waals surface area contributed by atoms with Gasteiger partial charge in [0.2, 0.25) is 0 Å². The fraction of sp³-hybridized carbons (Fsp3) is 0.500. The van der Waals surface area contributed by atoms with E-state index in [1.807, 2.05) is 0 Å². The lowest BCUT2D eigenvalue weighted by Crippen LogP contribution is -2.22. The zero-order chi connectivity index (χ0) is 9.97. The van der Waals surface area contributed by atoms with Gasteiger partial charge in [0, 0.05) is 10.5 Å². The summed E-state index contributed by atoms with van der Waals surface area (Å²) in [6, 6.07) is 8.82. The smallest absolute Gasteiger partial charge is 0.0207 e. The first-order valence-electron chi connectivity index (χ1n) is 5.26. The SMILES string of the molecule is NC(CCc1ccccc1Br)C1CC1. The molecular weight excluding hydrogens is 238 g/mol. The number of hydrogen-bond acceptors (Lipinski definition) is 1. The van der Waals surface area contributed by atoms with Crippen LogP contribution >= 0.6 is 15.9 Å². The van der Waals surface area contributed by atoms with E-state index in [-0.39, 0.29) is 0 Å². The summed E-state index contributed by atoms with van der Waals surface area (Å²) in [6.07, 6.45) is 4.90. The highest BCUT2D eigenvalue weighted by Crippen LogP contribution is 2.33. The van der Waals surface area contributed by atoms with Crippen molar-refractivity contribution in [1.29, 1.82) is 0 Å². The Hall–Kier alpha value is -0.340. The lowest BCUT2D eigenvalue weighted by molar-refractivity contribution is 0.550. The molecule has 76 valence electrons. The average Bonchev–Trinajstić information content (AvgIpc) is 2.99. The van der Waals surface area contributed by atoms with E-state index in [0.29, 0.717) is 6.04 Å². The lowest BCUT2D eigenvalue weighted by Gasteiger charge is -2.10. The second kappa shape index (κ2) is 4.45. The van der Waals surface area contributed by atoms with Gasteiger partial charge >= 0.3 is 0 Å². The molecule has 0 heterocycles. The van der Waals surface area contributed by atoms with Crippen LogP contribution in [0.25, 0.3) is 0 Å². The number of halogens is 1. The average molecular weight is 254 g/mol. The Labute approximate surface area is 93.8 Å². The molecule has 0 aliphatic heterocycles. The van der Waals surface area contributed by atoms with E-state index >= 15 is 0 Å². The van der Waals surface area contributed by atoms with Crippen molar-refractivity contribution in [2.24, 2.45) is 11.7 Å². The van der Waals surface area contributed by atoms with Gasteiger partial charge in [0.25, 0.3) is 0 Å². The summed E-state index contributed by atoms with van der Waals surface area (Å²) in [5.74, 6) is 0.817. The van der Waals surface area contributed by atoms with Crippen LogP contribution in [0.3, 0.4) is 0 Å². The molecular formula is C12H16BrN. The summed E-state index contributed by atoms with van der Waals surface area (Å²) in [5, 5.41) is 0. The zero-order valence-corrected chi connectivity index (χ0v) is 9.83. The van der Waals surface area contributed by atoms with E-state index in [4.69, 9.17) is 5.73 Å². The van der Waals surface area contributed by atoms with Crippen LogP contribution in [-0.2, 0) is 6.42 Å². The van der Waals surface area contributed by atoms with E-state index in [1.165, 1.54) is 22.9 Å². The van der Waals surface area contributed by atoms with Crippen LogP contribution in [0.5, 0.6) is 0 Å². The molecule has 0 aromatic heterocycles. The monoisotopic (exact) mass is 253 g/mol. The molecule has 0 radical (unpaired) electrons. The minimum absolute atomic E-state index is 0.419. The number of hydrogen-bond donors (Lipinski definition) is 1. The van der Waals surface area contributed by atoms with E-state index in [1.54, 1.807) is 0 Å². The first-order valence-corrected chi connectivity index (χ1v) is 6.05. The third-order valence-corrected chi connectivity index (χ3v) is 3.71. The van der Waals surface area contributed by atoms with Crippen molar-refractivity contribution in [2.75, 3.05) is 0 Å². The van der Waals surface area contributed by atoms with E-state index in [9.17, 15) is 0 Å². The van der Waals surface area contributed by atoms with Gasteiger partial charge in [-0.15, -0.1) is 0 Å². The predicted molar refractivity (Wildman–Crippen MR) is 63.2 cm³/mol. The summed E-state index contributed by atoms with van der Waals surface area (Å²) in [5.41, 5.74) is 7.44. The van der Waals surface area contributed by atoms with Crippen LogP contribution in [0.4, 0.5) is 0 Å². The standard InChI is InChI=1S/C12H16BrN/c13-11-4-2-1-3-9(11)7-8-12(14)10-5-6-10/h1-4,10,12H,5-8,14H2. The van der Waals surface area contributed by atoms with E-state index < -0.39 is 0 Å². The van der Waals surface area contributed by atoms with Crippen molar-refractivity contribution in [3.8, 4) is 0 Å². The molecule has 1 aliphatic carbocycles. The van der Waals surface area contributed by atoms with E-state index in [2.05, 4.69) is 40.2 Å². The maximum absolute atomic E-state index is 6.06. The molecule has 0 amide bonds. The van der Waals surface area contributed by atoms with Crippen LogP contribution in [0, 0.1) is 5.92 Å². The van der Waals surface area contributed by atoms with Gasteiger partial charge in [0.1, 0.15) is 0 Å². The highest BCUT2D eigenvalue weighted by Gasteiger charge is 2.27. The van der Waals surface area contributed by atoms with Gasteiger partial charge in [0.05, 0.1) is 0 Å². The van der Waals surface area contributed by atoms with Crippen molar-refractivity contribution in [1.82, 2.24) is 0 Å². The topological polar surface area (TPSA) is 26.0 Å². The Balaban J connectivity index is 1.87. The summed E-state index contributed by atoms with van der Waals surface area (Å²) in [7, 11) is 0. The van der Waals surface area contributed by atoms with Crippen LogP contribution in [0.2, 0.25) is 0 Å². The molecule has 2 heteroatoms. The highest BCUT2D eigenvalue weighted by molar-refractivity contribution is 9.10. The number of benzene rings is 1. The minimum atomic E-state index is 0.419. The Morgan fingerprint density at radius 1 is 1.36 bits per heavy atom. The number of nitrogens with two attached hydrogens (primary N) is 1. The van der Waals surface area contributed by atoms with Crippen molar-refractivity contribution >= 4 is 15.9 Å². The van der Waals surface area contributed by atoms with Gasteiger partial charge in [-0.3, -0.25) is 0 Å². The highest BCUT2D eigenvalue weighted by atomic mass is 79.9. The fourth-order valence-electron chi connectivity index (χ4n) is 1.78. The Morgan fingerprint density at radius 2 is 2.07 bits per heavy atom. The summed E-state index contributed by atoms with van der Waals surface area (Å²) in [4.78, 5) is 0. The van der Waals surface area contributed by atoms with Crippen LogP contribution < -0.4 is 5.73 Å². The summed E-state index contributed by atoms with van der Waals surface area (Å²) in [6.45, 7) is 0. The van der Waals surface area contributed by atoms with Gasteiger partial charge in [-0.2, -0.15) is 0 Å². The second-order valence-corrected chi connectivity index (χ2v) is 4.99. The quantitative estimate of drug-likeness (QED) is 0.877. The van der Waals surface area contributed by atoms with Crippen LogP contribution in [0.15, 0.2) is 28.7 Å². The second-order valence-electron chi connectivity index (χ2n) is 4.13. The molecule has 2 rings (SSSR count). The van der Waals surface area contributed by atoms with Crippen molar-refractivity contribution in [3.63, 3.8) is 0 Å². The van der Waals surface area contributed by atoms with Gasteiger partial charge in [-0.1, -0.05) is 34.1 Å². The molecule has 0 saturated heterocycles. The molecule has 0 bridgehead atoms. The Bertz CT molecular complexity index is 307. The van der Waals surface area contributed by atoms with Gasteiger partial charge < -0.3 is 5.73 Å². The van der Waals surface area contributed by atoms with Crippen molar-refractivity contribution in [3.05, 3.63) is 34.3 Å². The molecule has 1 saturated carbocycles. The zero-order valence-electron chi connectivity index (χ0n) is 8.25. The predicted octanol–water partition coefficient (Wildman–Crippen LogP) is 3.12. The molecule has 1 unspecified atom stereocenters. The molecule has 1 nitrogen and oxygen atoms in total. The molecule has 2 N–H and O–H groups in total. The number of rotatable bonds is 4. The Kier molecular flexibility index (Phi) is 3.24. The van der Waals surface area contributed by atoms with Gasteiger partial charge in [-0.05, 0) is 43.2 Å². The number of aryl methyl sites for hydroxylation is 1. The molecule has 0 spiro atoms. The first kappa shape index (κ1) is 10.2. The van der Waals surface area contributed by atoms with Gasteiger partial charge in [0.15, 0.2) is 0 Å². The third kappa shape index (κ3) is 2.58. The molecule has 1 atom stereocenters. The van der Waals surface area contributed by atoms with Crippen molar-refractivity contribution < 1.29 is 0 Å². The molecule has 14 heavy (non-hydrogen) atoms. The lowest BCUT2D eigenvalue weighted by atomic mass is 10.0. The van der Waals surface area contributed by atoms with Crippen LogP contribution in [0.1, 0.15) is 24.8 Å². The summed E-state index contributed by atoms with van der Waals surface area (Å²) >= 11 is 3.56. The van der Waals surface area contributed by atoms with Crippen molar-refractivity contribution in [2.45, 2.75) is 31.7 Å². The maximum Gasteiger partial charge on any atom is 0.0207 e.